The fraction of sp³-hybridized carbons (Fsp3) is 0.643. The van der Waals surface area contributed by atoms with Crippen LogP contribution in [0, 0.1) is 5.41 Å². The first-order chi connectivity index (χ1) is 17.8. The smallest absolute Gasteiger partial charge is 0.336 e. The Morgan fingerprint density at radius 2 is 2.03 bits per heavy atom. The summed E-state index contributed by atoms with van der Waals surface area (Å²) in [6, 6.07) is 0.405. The summed E-state index contributed by atoms with van der Waals surface area (Å²) >= 11 is 0. The van der Waals surface area contributed by atoms with Gasteiger partial charge in [-0.3, -0.25) is 10.2 Å². The predicted molar refractivity (Wildman–Crippen MR) is 148 cm³/mol. The molecule has 0 atom stereocenters. The van der Waals surface area contributed by atoms with Crippen LogP contribution in [0.15, 0.2) is 44.8 Å². The van der Waals surface area contributed by atoms with E-state index in [9.17, 15) is 9.59 Å². The van der Waals surface area contributed by atoms with Gasteiger partial charge in [0.1, 0.15) is 12.9 Å². The fourth-order valence-electron chi connectivity index (χ4n) is 5.45. The number of hydrogen-bond acceptors (Lipinski definition) is 7. The Morgan fingerprint density at radius 1 is 1.27 bits per heavy atom. The summed E-state index contributed by atoms with van der Waals surface area (Å²) < 4.78 is 5.15. The van der Waals surface area contributed by atoms with Crippen molar-refractivity contribution in [1.82, 2.24) is 15.6 Å². The lowest BCUT2D eigenvalue weighted by molar-refractivity contribution is -0.138. The molecular formula is C28H44N6O3. The second kappa shape index (κ2) is 13.6. The molecule has 37 heavy (non-hydrogen) atoms. The molecule has 0 radical (unpaired) electrons. The monoisotopic (exact) mass is 512 g/mol. The number of nitrogens with two attached hydrogens (primary N) is 1. The molecule has 1 aliphatic carbocycles. The molecule has 204 valence electrons. The summed E-state index contributed by atoms with van der Waals surface area (Å²) in [6.07, 6.45) is 14.4. The highest BCUT2D eigenvalue weighted by Crippen LogP contribution is 2.46. The summed E-state index contributed by atoms with van der Waals surface area (Å²) in [5, 5.41) is 11.6. The first-order valence-corrected chi connectivity index (χ1v) is 13.6. The molecule has 2 heterocycles. The van der Waals surface area contributed by atoms with Crippen molar-refractivity contribution in [3.63, 3.8) is 0 Å². The molecule has 2 aliphatic heterocycles. The lowest BCUT2D eigenvalue weighted by Gasteiger charge is -2.36. The number of likely N-dealkylation sites (tertiary alicyclic amines) is 1. The van der Waals surface area contributed by atoms with E-state index in [-0.39, 0.29) is 23.9 Å². The maximum absolute atomic E-state index is 13.4. The van der Waals surface area contributed by atoms with Crippen LogP contribution in [0.5, 0.6) is 0 Å². The molecule has 9 heteroatoms. The molecule has 0 aromatic rings. The summed E-state index contributed by atoms with van der Waals surface area (Å²) in [7, 11) is 0. The largest absolute Gasteiger partial charge is 0.456 e. The van der Waals surface area contributed by atoms with E-state index >= 15 is 0 Å². The highest BCUT2D eigenvalue weighted by molar-refractivity contribution is 6.00. The number of amides is 1. The van der Waals surface area contributed by atoms with Crippen molar-refractivity contribution in [3.8, 4) is 0 Å². The Balaban J connectivity index is 1.56. The Labute approximate surface area is 221 Å². The second-order valence-electron chi connectivity index (χ2n) is 10.4. The van der Waals surface area contributed by atoms with E-state index in [1.807, 2.05) is 11.8 Å². The van der Waals surface area contributed by atoms with E-state index in [0.717, 1.165) is 81.3 Å². The van der Waals surface area contributed by atoms with Crippen LogP contribution in [0.4, 0.5) is 0 Å². The molecular weight excluding hydrogens is 468 g/mol. The number of esters is 1. The van der Waals surface area contributed by atoms with Crippen LogP contribution in [0.25, 0.3) is 0 Å². The van der Waals surface area contributed by atoms with E-state index in [1.54, 1.807) is 6.92 Å². The Morgan fingerprint density at radius 3 is 2.65 bits per heavy atom. The number of cyclic esters (lactones) is 1. The van der Waals surface area contributed by atoms with Crippen LogP contribution >= 0.6 is 0 Å². The Hall–Kier alpha value is -2.94. The average molecular weight is 513 g/mol. The third kappa shape index (κ3) is 7.09. The van der Waals surface area contributed by atoms with Gasteiger partial charge >= 0.3 is 5.97 Å². The predicted octanol–water partition coefficient (Wildman–Crippen LogP) is 3.89. The van der Waals surface area contributed by atoms with Crippen LogP contribution in [0.2, 0.25) is 0 Å². The number of carbonyl (C=O) groups excluding carboxylic acids is 2. The van der Waals surface area contributed by atoms with Gasteiger partial charge in [0.15, 0.2) is 0 Å². The minimum Gasteiger partial charge on any atom is -0.456 e. The minimum atomic E-state index is -0.302. The average Bonchev–Trinajstić information content (AvgIpc) is 3.40. The molecule has 9 nitrogen and oxygen atoms in total. The number of nitrogens with one attached hydrogen (secondary N) is 2. The molecule has 3 rings (SSSR count). The van der Waals surface area contributed by atoms with Gasteiger partial charge in [0.05, 0.1) is 22.4 Å². The molecule has 1 spiro atoms. The molecule has 2 fully saturated rings. The number of unbranched alkanes of at least 4 members (excludes halogenated alkanes) is 1. The van der Waals surface area contributed by atoms with E-state index < -0.39 is 0 Å². The van der Waals surface area contributed by atoms with Gasteiger partial charge in [0.2, 0.25) is 5.91 Å². The number of ether oxygens (including phenoxy) is 1. The summed E-state index contributed by atoms with van der Waals surface area (Å²) in [5.74, 6) is 5.04. The fourth-order valence-corrected chi connectivity index (χ4v) is 5.45. The normalized spacial score (nSPS) is 25.7. The topological polar surface area (TPSA) is 121 Å². The van der Waals surface area contributed by atoms with Gasteiger partial charge in [-0.15, -0.1) is 0 Å². The van der Waals surface area contributed by atoms with Crippen molar-refractivity contribution in [2.24, 2.45) is 21.5 Å². The lowest BCUT2D eigenvalue weighted by Crippen LogP contribution is -2.42. The number of nitrogens with zero attached hydrogens (tertiary/aromatic N) is 3. The lowest BCUT2D eigenvalue weighted by atomic mass is 9.71. The molecule has 1 saturated heterocycles. The first kappa shape index (κ1) is 28.6. The number of hydrazone groups is 2. The number of carbonyl (C=O) groups is 2. The highest BCUT2D eigenvalue weighted by Gasteiger charge is 2.50. The van der Waals surface area contributed by atoms with Gasteiger partial charge in [0, 0.05) is 25.6 Å². The third-order valence-corrected chi connectivity index (χ3v) is 8.13. The van der Waals surface area contributed by atoms with Gasteiger partial charge in [0.25, 0.3) is 0 Å². The third-order valence-electron chi connectivity index (χ3n) is 8.13. The zero-order valence-corrected chi connectivity index (χ0v) is 22.9. The Bertz CT molecular complexity index is 986. The van der Waals surface area contributed by atoms with E-state index in [1.165, 1.54) is 11.9 Å². The van der Waals surface area contributed by atoms with E-state index in [4.69, 9.17) is 10.6 Å². The summed E-state index contributed by atoms with van der Waals surface area (Å²) in [4.78, 5) is 27.0. The molecule has 4 N–H and O–H groups in total. The van der Waals surface area contributed by atoms with E-state index in [0.29, 0.717) is 18.2 Å². The van der Waals surface area contributed by atoms with Crippen molar-refractivity contribution in [3.05, 3.63) is 34.6 Å². The summed E-state index contributed by atoms with van der Waals surface area (Å²) in [5.41, 5.74) is 7.30. The molecule has 0 aromatic carbocycles. The van der Waals surface area contributed by atoms with Crippen LogP contribution in [0.3, 0.4) is 0 Å². The van der Waals surface area contributed by atoms with Gasteiger partial charge in [-0.2, -0.15) is 10.2 Å². The van der Waals surface area contributed by atoms with Gasteiger partial charge in [-0.25, -0.2) is 4.79 Å². The molecule has 1 amide bonds. The molecule has 1 saturated carbocycles. The SMILES string of the molecule is CC=C(C)/C(CC=C(CCCC)CNC1CCC2(CC1)CCN(C1=C(C)C(=O)OC1)C2=O)=N/N/C=N/N. The van der Waals surface area contributed by atoms with Crippen LogP contribution in [0.1, 0.15) is 85.5 Å². The van der Waals surface area contributed by atoms with Crippen molar-refractivity contribution in [2.75, 3.05) is 19.7 Å². The highest BCUT2D eigenvalue weighted by atomic mass is 16.5. The van der Waals surface area contributed by atoms with Crippen LogP contribution < -0.4 is 16.6 Å². The van der Waals surface area contributed by atoms with Crippen molar-refractivity contribution >= 4 is 23.9 Å². The second-order valence-corrected chi connectivity index (χ2v) is 10.4. The maximum atomic E-state index is 13.4. The standard InChI is InChI=1S/C28H44N6O3/c1-5-7-8-22(9-10-24(20(3)6-2)33-32-19-31-29)17-30-23-11-13-28(14-12-23)15-16-34(27(28)36)25-18-37-26(35)21(25)4/h6,9,19,23,30H,5,7-8,10-18,29H2,1-4H3,(H,31,32)/b20-6?,22-9?,33-24+. The first-order valence-electron chi connectivity index (χ1n) is 13.6. The van der Waals surface area contributed by atoms with Gasteiger partial charge in [-0.1, -0.05) is 31.1 Å². The quantitative estimate of drug-likeness (QED) is 0.0911. The Kier molecular flexibility index (Phi) is 10.5. The maximum Gasteiger partial charge on any atom is 0.336 e. The number of hydrogen-bond donors (Lipinski definition) is 3. The van der Waals surface area contributed by atoms with Crippen molar-refractivity contribution < 1.29 is 14.3 Å². The molecule has 3 aliphatic rings. The van der Waals surface area contributed by atoms with Gasteiger partial charge < -0.3 is 20.8 Å². The van der Waals surface area contributed by atoms with E-state index in [2.05, 4.69) is 46.9 Å². The van der Waals surface area contributed by atoms with Gasteiger partial charge in [-0.05, 0) is 71.3 Å². The van der Waals surface area contributed by atoms with Crippen molar-refractivity contribution in [2.45, 2.75) is 91.5 Å². The molecule has 0 aromatic heterocycles. The zero-order chi connectivity index (χ0) is 26.8. The van der Waals surface area contributed by atoms with Crippen LogP contribution in [-0.2, 0) is 14.3 Å². The minimum absolute atomic E-state index is 0.182. The van der Waals surface area contributed by atoms with Crippen molar-refractivity contribution in [1.29, 1.82) is 0 Å². The number of rotatable bonds is 12. The molecule has 0 unspecified atom stereocenters. The molecule has 0 bridgehead atoms. The summed E-state index contributed by atoms with van der Waals surface area (Å²) in [6.45, 7) is 9.79. The zero-order valence-electron chi connectivity index (χ0n) is 22.9. The van der Waals surface area contributed by atoms with Crippen LogP contribution in [-0.4, -0.2) is 54.6 Å². The number of allylic oxidation sites excluding steroid dienone is 3.